The Balaban J connectivity index is 1.39. The molecule has 0 radical (unpaired) electrons. The van der Waals surface area contributed by atoms with Gasteiger partial charge in [-0.05, 0) is 73.1 Å². The minimum Gasteiger partial charge on any atom is -0.480 e. The summed E-state index contributed by atoms with van der Waals surface area (Å²) in [6.07, 6.45) is 7.14. The normalized spacial score (nSPS) is 18.8. The Morgan fingerprint density at radius 1 is 1.09 bits per heavy atom. The number of benzene rings is 2. The molecule has 2 heterocycles. The van der Waals surface area contributed by atoms with Crippen LogP contribution in [0.2, 0.25) is 0 Å². The fraction of sp³-hybridized carbons (Fsp3) is 0.423. The molecular weight excluding hydrogens is 416 g/mol. The molecule has 4 rings (SSSR count). The smallest absolute Gasteiger partial charge is 0.317 e. The second-order valence-electron chi connectivity index (χ2n) is 8.79. The number of nitrogens with one attached hydrogen (secondary N) is 1. The zero-order chi connectivity index (χ0) is 23.2. The first-order valence-corrected chi connectivity index (χ1v) is 11.8. The molecule has 2 aliphatic heterocycles. The molecule has 0 bridgehead atoms. The van der Waals surface area contributed by atoms with Crippen LogP contribution in [0.3, 0.4) is 0 Å². The lowest BCUT2D eigenvalue weighted by Crippen LogP contribution is -2.38. The number of hydrazone groups is 1. The third kappa shape index (κ3) is 5.79. The van der Waals surface area contributed by atoms with E-state index in [1.165, 1.54) is 24.8 Å². The van der Waals surface area contributed by atoms with Crippen molar-refractivity contribution in [3.05, 3.63) is 64.7 Å². The molecule has 7 heteroatoms. The molecule has 1 amide bonds. The van der Waals surface area contributed by atoms with Crippen molar-refractivity contribution in [2.75, 3.05) is 31.5 Å². The van der Waals surface area contributed by atoms with Crippen molar-refractivity contribution < 1.29 is 14.7 Å². The van der Waals surface area contributed by atoms with E-state index in [0.717, 1.165) is 42.7 Å². The van der Waals surface area contributed by atoms with Crippen molar-refractivity contribution in [1.82, 2.24) is 9.91 Å². The van der Waals surface area contributed by atoms with Gasteiger partial charge in [-0.2, -0.15) is 5.10 Å². The third-order valence-electron chi connectivity index (χ3n) is 6.47. The van der Waals surface area contributed by atoms with Crippen molar-refractivity contribution in [3.8, 4) is 0 Å². The van der Waals surface area contributed by atoms with Crippen LogP contribution >= 0.6 is 0 Å². The maximum absolute atomic E-state index is 12.8. The van der Waals surface area contributed by atoms with Crippen LogP contribution in [0, 0.1) is 0 Å². The predicted molar refractivity (Wildman–Crippen MR) is 130 cm³/mol. The van der Waals surface area contributed by atoms with E-state index in [2.05, 4.69) is 22.4 Å². The molecule has 2 N–H and O–H groups in total. The quantitative estimate of drug-likeness (QED) is 0.622. The van der Waals surface area contributed by atoms with Gasteiger partial charge in [-0.15, -0.1) is 0 Å². The van der Waals surface area contributed by atoms with Crippen molar-refractivity contribution in [3.63, 3.8) is 0 Å². The van der Waals surface area contributed by atoms with Crippen LogP contribution in [-0.2, 0) is 11.2 Å². The van der Waals surface area contributed by atoms with Crippen molar-refractivity contribution >= 4 is 23.8 Å². The summed E-state index contributed by atoms with van der Waals surface area (Å²) in [4.78, 5) is 26.0. The number of aliphatic carboxylic acids is 1. The number of amides is 1. The number of fused-ring (bicyclic) bond motifs is 1. The molecule has 33 heavy (non-hydrogen) atoms. The summed E-state index contributed by atoms with van der Waals surface area (Å²) in [5.41, 5.74) is 4.66. The predicted octanol–water partition coefficient (Wildman–Crippen LogP) is 4.15. The second kappa shape index (κ2) is 10.6. The summed E-state index contributed by atoms with van der Waals surface area (Å²) in [7, 11) is 0. The number of hydrogen-bond donors (Lipinski definition) is 2. The number of nitrogens with zero attached hydrogens (tertiary/aromatic N) is 3. The number of carbonyl (C=O) groups is 2. The average molecular weight is 449 g/mol. The SMILES string of the molecule is CCC1c2ccc(NC(=O)c3ccc(C=NN4CCCCC4)cc3)cc2CCN1CC(=O)O. The summed E-state index contributed by atoms with van der Waals surface area (Å²) in [5, 5.41) is 18.8. The molecule has 2 aromatic carbocycles. The molecule has 174 valence electrons. The highest BCUT2D eigenvalue weighted by molar-refractivity contribution is 6.04. The number of carboxylic acid groups (broad SMARTS) is 1. The maximum atomic E-state index is 12.8. The lowest BCUT2D eigenvalue weighted by atomic mass is 9.90. The van der Waals surface area contributed by atoms with E-state index in [1.54, 1.807) is 0 Å². The summed E-state index contributed by atoms with van der Waals surface area (Å²) < 4.78 is 0. The van der Waals surface area contributed by atoms with E-state index in [9.17, 15) is 14.7 Å². The molecule has 0 saturated carbocycles. The van der Waals surface area contributed by atoms with Gasteiger partial charge in [0.25, 0.3) is 5.91 Å². The van der Waals surface area contributed by atoms with Gasteiger partial charge in [-0.25, -0.2) is 0 Å². The number of rotatable bonds is 7. The molecule has 0 spiro atoms. The minimum atomic E-state index is -0.801. The number of carbonyl (C=O) groups excluding carboxylic acids is 1. The molecule has 1 atom stereocenters. The van der Waals surface area contributed by atoms with Gasteiger partial charge >= 0.3 is 5.97 Å². The van der Waals surface area contributed by atoms with Crippen molar-refractivity contribution in [1.29, 1.82) is 0 Å². The van der Waals surface area contributed by atoms with Gasteiger partial charge in [0, 0.05) is 36.9 Å². The first kappa shape index (κ1) is 23.0. The van der Waals surface area contributed by atoms with Gasteiger partial charge in [0.05, 0.1) is 12.8 Å². The molecular formula is C26H32N4O3. The van der Waals surface area contributed by atoms with Crippen LogP contribution in [0.5, 0.6) is 0 Å². The van der Waals surface area contributed by atoms with Gasteiger partial charge < -0.3 is 10.4 Å². The van der Waals surface area contributed by atoms with Crippen molar-refractivity contribution in [2.45, 2.75) is 45.1 Å². The Morgan fingerprint density at radius 2 is 1.85 bits per heavy atom. The highest BCUT2D eigenvalue weighted by Crippen LogP contribution is 2.33. The lowest BCUT2D eigenvalue weighted by molar-refractivity contribution is -0.139. The molecule has 1 unspecified atom stereocenters. The van der Waals surface area contributed by atoms with Crippen LogP contribution in [0.15, 0.2) is 47.6 Å². The fourth-order valence-electron chi connectivity index (χ4n) is 4.75. The molecule has 2 aliphatic rings. The Hall–Kier alpha value is -3.19. The van der Waals surface area contributed by atoms with E-state index >= 15 is 0 Å². The summed E-state index contributed by atoms with van der Waals surface area (Å²) in [5.74, 6) is -0.950. The Morgan fingerprint density at radius 3 is 2.55 bits per heavy atom. The first-order valence-electron chi connectivity index (χ1n) is 11.8. The van der Waals surface area contributed by atoms with E-state index in [-0.39, 0.29) is 18.5 Å². The van der Waals surface area contributed by atoms with Gasteiger partial charge in [0.1, 0.15) is 0 Å². The number of anilines is 1. The molecule has 2 aromatic rings. The molecule has 1 saturated heterocycles. The lowest BCUT2D eigenvalue weighted by Gasteiger charge is -2.36. The standard InChI is InChI=1S/C26H32N4O3/c1-2-24-23-11-10-22(16-21(23)12-15-29(24)18-25(31)32)28-26(33)20-8-6-19(7-9-20)17-27-30-13-4-3-5-14-30/h6-11,16-17,24H,2-5,12-15,18H2,1H3,(H,28,33)(H,31,32). The molecule has 0 aromatic heterocycles. The fourth-order valence-corrected chi connectivity index (χ4v) is 4.75. The summed E-state index contributed by atoms with van der Waals surface area (Å²) in [6.45, 7) is 4.85. The summed E-state index contributed by atoms with van der Waals surface area (Å²) in [6, 6.07) is 13.5. The van der Waals surface area contributed by atoms with Gasteiger partial charge in [-0.1, -0.05) is 25.1 Å². The Labute approximate surface area is 195 Å². The van der Waals surface area contributed by atoms with Crippen LogP contribution in [-0.4, -0.2) is 59.3 Å². The number of piperidine rings is 1. The molecule has 0 aliphatic carbocycles. The van der Waals surface area contributed by atoms with Crippen LogP contribution in [0.4, 0.5) is 5.69 Å². The first-order chi connectivity index (χ1) is 16.0. The average Bonchev–Trinajstić information content (AvgIpc) is 2.83. The molecule has 7 nitrogen and oxygen atoms in total. The van der Waals surface area contributed by atoms with Gasteiger partial charge in [0.2, 0.25) is 0 Å². The zero-order valence-electron chi connectivity index (χ0n) is 19.2. The van der Waals surface area contributed by atoms with Crippen LogP contribution < -0.4 is 5.32 Å². The highest BCUT2D eigenvalue weighted by atomic mass is 16.4. The third-order valence-corrected chi connectivity index (χ3v) is 6.47. The Kier molecular flexibility index (Phi) is 7.40. The van der Waals surface area contributed by atoms with Crippen LogP contribution in [0.25, 0.3) is 0 Å². The van der Waals surface area contributed by atoms with E-state index in [1.807, 2.05) is 53.6 Å². The number of carboxylic acids is 1. The highest BCUT2D eigenvalue weighted by Gasteiger charge is 2.27. The van der Waals surface area contributed by atoms with E-state index in [4.69, 9.17) is 0 Å². The second-order valence-corrected chi connectivity index (χ2v) is 8.79. The summed E-state index contributed by atoms with van der Waals surface area (Å²) >= 11 is 0. The Bertz CT molecular complexity index is 1010. The van der Waals surface area contributed by atoms with Gasteiger partial charge in [-0.3, -0.25) is 19.5 Å². The maximum Gasteiger partial charge on any atom is 0.317 e. The van der Waals surface area contributed by atoms with Crippen molar-refractivity contribution in [2.24, 2.45) is 5.10 Å². The van der Waals surface area contributed by atoms with Gasteiger partial charge in [0.15, 0.2) is 0 Å². The monoisotopic (exact) mass is 448 g/mol. The largest absolute Gasteiger partial charge is 0.480 e. The van der Waals surface area contributed by atoms with E-state index < -0.39 is 5.97 Å². The zero-order valence-corrected chi connectivity index (χ0v) is 19.2. The van der Waals surface area contributed by atoms with Crippen LogP contribution in [0.1, 0.15) is 65.7 Å². The minimum absolute atomic E-state index is 0.0508. The molecule has 1 fully saturated rings. The number of hydrogen-bond acceptors (Lipinski definition) is 5. The topological polar surface area (TPSA) is 85.2 Å². The van der Waals surface area contributed by atoms with E-state index in [0.29, 0.717) is 12.1 Å².